The smallest absolute Gasteiger partial charge is 0.122 e. The number of halogens is 2. The Bertz CT molecular complexity index is 352. The molecule has 1 atom stereocenters. The summed E-state index contributed by atoms with van der Waals surface area (Å²) in [6.45, 7) is 4.49. The number of rotatable bonds is 6. The van der Waals surface area contributed by atoms with Crippen molar-refractivity contribution < 1.29 is 4.74 Å². The van der Waals surface area contributed by atoms with E-state index in [0.717, 1.165) is 29.5 Å². The molecule has 0 saturated carbocycles. The van der Waals surface area contributed by atoms with Gasteiger partial charge in [-0.25, -0.2) is 0 Å². The van der Waals surface area contributed by atoms with Crippen LogP contribution in [0.1, 0.15) is 32.3 Å². The third-order valence-corrected chi connectivity index (χ3v) is 3.76. The number of hydrogen-bond donors (Lipinski definition) is 0. The van der Waals surface area contributed by atoms with E-state index in [2.05, 4.69) is 29.8 Å². The third kappa shape index (κ3) is 5.31. The Hall–Kier alpha value is -0.210. The normalized spacial score (nSPS) is 12.8. The molecule has 0 aromatic heterocycles. The van der Waals surface area contributed by atoms with E-state index < -0.39 is 0 Å². The quantitative estimate of drug-likeness (QED) is 0.664. The SMILES string of the molecule is COc1ccc(Cl)cc1CCC(Br)CC(C)C. The Morgan fingerprint density at radius 1 is 1.35 bits per heavy atom. The molecule has 0 aliphatic rings. The number of aryl methyl sites for hydroxylation is 1. The Balaban J connectivity index is 2.58. The van der Waals surface area contributed by atoms with Gasteiger partial charge in [0.1, 0.15) is 5.75 Å². The third-order valence-electron chi connectivity index (χ3n) is 2.70. The molecule has 1 nitrogen and oxygen atoms in total. The summed E-state index contributed by atoms with van der Waals surface area (Å²) < 4.78 is 5.34. The van der Waals surface area contributed by atoms with Crippen LogP contribution in [-0.4, -0.2) is 11.9 Å². The van der Waals surface area contributed by atoms with Gasteiger partial charge in [0.2, 0.25) is 0 Å². The van der Waals surface area contributed by atoms with Crippen molar-refractivity contribution >= 4 is 27.5 Å². The molecule has 17 heavy (non-hydrogen) atoms. The van der Waals surface area contributed by atoms with Gasteiger partial charge < -0.3 is 4.74 Å². The largest absolute Gasteiger partial charge is 0.496 e. The van der Waals surface area contributed by atoms with E-state index in [1.54, 1.807) is 7.11 Å². The lowest BCUT2D eigenvalue weighted by Gasteiger charge is -2.14. The van der Waals surface area contributed by atoms with E-state index in [-0.39, 0.29) is 0 Å². The molecule has 1 aromatic rings. The minimum Gasteiger partial charge on any atom is -0.496 e. The molecule has 0 heterocycles. The number of benzene rings is 1. The maximum Gasteiger partial charge on any atom is 0.122 e. The second-order valence-electron chi connectivity index (χ2n) is 4.72. The van der Waals surface area contributed by atoms with E-state index in [1.807, 2.05) is 18.2 Å². The highest BCUT2D eigenvalue weighted by Gasteiger charge is 2.10. The summed E-state index contributed by atoms with van der Waals surface area (Å²) in [4.78, 5) is 0.561. The molecule has 1 unspecified atom stereocenters. The first kappa shape index (κ1) is 14.8. The van der Waals surface area contributed by atoms with Crippen LogP contribution in [0.25, 0.3) is 0 Å². The van der Waals surface area contributed by atoms with Gasteiger partial charge in [-0.05, 0) is 48.9 Å². The van der Waals surface area contributed by atoms with Gasteiger partial charge >= 0.3 is 0 Å². The zero-order valence-corrected chi connectivity index (χ0v) is 13.0. The molecule has 0 radical (unpaired) electrons. The molecule has 1 aromatic carbocycles. The molecular formula is C14H20BrClO. The predicted octanol–water partition coefficient (Wildman–Crippen LogP) is 5.09. The summed E-state index contributed by atoms with van der Waals surface area (Å²) in [6, 6.07) is 5.79. The molecule has 0 spiro atoms. The molecule has 0 N–H and O–H groups in total. The minimum atomic E-state index is 0.561. The van der Waals surface area contributed by atoms with Gasteiger partial charge in [0.05, 0.1) is 7.11 Å². The average Bonchev–Trinajstić information content (AvgIpc) is 2.25. The van der Waals surface area contributed by atoms with Crippen molar-refractivity contribution in [2.24, 2.45) is 5.92 Å². The van der Waals surface area contributed by atoms with Crippen LogP contribution >= 0.6 is 27.5 Å². The van der Waals surface area contributed by atoms with Crippen molar-refractivity contribution in [2.45, 2.75) is 37.9 Å². The lowest BCUT2D eigenvalue weighted by molar-refractivity contribution is 0.408. The molecule has 96 valence electrons. The predicted molar refractivity (Wildman–Crippen MR) is 78.5 cm³/mol. The summed E-state index contributed by atoms with van der Waals surface area (Å²) in [7, 11) is 1.70. The fourth-order valence-electron chi connectivity index (χ4n) is 1.88. The lowest BCUT2D eigenvalue weighted by Crippen LogP contribution is -2.05. The van der Waals surface area contributed by atoms with E-state index in [4.69, 9.17) is 16.3 Å². The molecule has 0 saturated heterocycles. The molecule has 3 heteroatoms. The summed E-state index contributed by atoms with van der Waals surface area (Å²) in [6.07, 6.45) is 3.30. The molecule has 0 amide bonds. The van der Waals surface area contributed by atoms with E-state index in [1.165, 1.54) is 12.0 Å². The van der Waals surface area contributed by atoms with Crippen LogP contribution in [0.4, 0.5) is 0 Å². The lowest BCUT2D eigenvalue weighted by atomic mass is 10.0. The summed E-state index contributed by atoms with van der Waals surface area (Å²) in [5, 5.41) is 0.774. The van der Waals surface area contributed by atoms with Crippen LogP contribution in [-0.2, 0) is 6.42 Å². The molecule has 0 aliphatic heterocycles. The van der Waals surface area contributed by atoms with Gasteiger partial charge in [-0.1, -0.05) is 41.4 Å². The standard InChI is InChI=1S/C14H20BrClO/c1-10(2)8-12(15)5-4-11-9-13(16)6-7-14(11)17-3/h6-7,9-10,12H,4-5,8H2,1-3H3. The zero-order valence-electron chi connectivity index (χ0n) is 10.7. The van der Waals surface area contributed by atoms with E-state index in [9.17, 15) is 0 Å². The Morgan fingerprint density at radius 3 is 2.65 bits per heavy atom. The first-order chi connectivity index (χ1) is 8.02. The Kier molecular flexibility index (Phi) is 6.35. The molecule has 0 bridgehead atoms. The van der Waals surface area contributed by atoms with Crippen LogP contribution in [0, 0.1) is 5.92 Å². The monoisotopic (exact) mass is 318 g/mol. The van der Waals surface area contributed by atoms with Crippen molar-refractivity contribution in [2.75, 3.05) is 7.11 Å². The number of hydrogen-bond acceptors (Lipinski definition) is 1. The number of ether oxygens (including phenoxy) is 1. The van der Waals surface area contributed by atoms with Gasteiger partial charge in [-0.3, -0.25) is 0 Å². The van der Waals surface area contributed by atoms with Crippen LogP contribution in [0.15, 0.2) is 18.2 Å². The molecule has 1 rings (SSSR count). The van der Waals surface area contributed by atoms with Crippen molar-refractivity contribution in [3.05, 3.63) is 28.8 Å². The number of alkyl halides is 1. The maximum atomic E-state index is 6.01. The van der Waals surface area contributed by atoms with Crippen LogP contribution in [0.5, 0.6) is 5.75 Å². The second-order valence-corrected chi connectivity index (χ2v) is 6.45. The highest BCUT2D eigenvalue weighted by atomic mass is 79.9. The first-order valence-electron chi connectivity index (χ1n) is 5.99. The fourth-order valence-corrected chi connectivity index (χ4v) is 3.06. The van der Waals surface area contributed by atoms with Gasteiger partial charge in [0, 0.05) is 9.85 Å². The maximum absolute atomic E-state index is 6.01. The average molecular weight is 320 g/mol. The minimum absolute atomic E-state index is 0.561. The van der Waals surface area contributed by atoms with Crippen LogP contribution < -0.4 is 4.74 Å². The fraction of sp³-hybridized carbons (Fsp3) is 0.571. The van der Waals surface area contributed by atoms with Crippen molar-refractivity contribution in [1.29, 1.82) is 0 Å². The van der Waals surface area contributed by atoms with Crippen LogP contribution in [0.3, 0.4) is 0 Å². The zero-order chi connectivity index (χ0) is 12.8. The topological polar surface area (TPSA) is 9.23 Å². The van der Waals surface area contributed by atoms with Gasteiger partial charge in [0.25, 0.3) is 0 Å². The van der Waals surface area contributed by atoms with Gasteiger partial charge in [-0.2, -0.15) is 0 Å². The summed E-state index contributed by atoms with van der Waals surface area (Å²) >= 11 is 9.73. The highest BCUT2D eigenvalue weighted by Crippen LogP contribution is 2.26. The molecule has 0 aliphatic carbocycles. The summed E-state index contributed by atoms with van der Waals surface area (Å²) in [5.74, 6) is 1.65. The van der Waals surface area contributed by atoms with Crippen LogP contribution in [0.2, 0.25) is 5.02 Å². The first-order valence-corrected chi connectivity index (χ1v) is 7.28. The highest BCUT2D eigenvalue weighted by molar-refractivity contribution is 9.09. The Labute approximate surface area is 118 Å². The van der Waals surface area contributed by atoms with E-state index in [0.29, 0.717) is 4.83 Å². The van der Waals surface area contributed by atoms with Gasteiger partial charge in [0.15, 0.2) is 0 Å². The van der Waals surface area contributed by atoms with Crippen molar-refractivity contribution in [3.63, 3.8) is 0 Å². The molecule has 0 fully saturated rings. The number of methoxy groups -OCH3 is 1. The summed E-state index contributed by atoms with van der Waals surface area (Å²) in [5.41, 5.74) is 1.19. The Morgan fingerprint density at radius 2 is 2.06 bits per heavy atom. The van der Waals surface area contributed by atoms with Gasteiger partial charge in [-0.15, -0.1) is 0 Å². The molecular weight excluding hydrogens is 300 g/mol. The van der Waals surface area contributed by atoms with Crippen molar-refractivity contribution in [3.8, 4) is 5.75 Å². The second kappa shape index (κ2) is 7.27. The van der Waals surface area contributed by atoms with E-state index >= 15 is 0 Å². The van der Waals surface area contributed by atoms with Crippen molar-refractivity contribution in [1.82, 2.24) is 0 Å².